The number of nitrogens with two attached hydrogens (primary N) is 1. The van der Waals surface area contributed by atoms with Gasteiger partial charge in [0.05, 0.1) is 25.1 Å². The molecule has 0 spiro atoms. The highest BCUT2D eigenvalue weighted by atomic mass is 16.5. The third-order valence-corrected chi connectivity index (χ3v) is 6.30. The zero-order chi connectivity index (χ0) is 26.8. The van der Waals surface area contributed by atoms with Crippen molar-refractivity contribution in [2.45, 2.75) is 19.9 Å². The van der Waals surface area contributed by atoms with Crippen LogP contribution in [-0.4, -0.2) is 26.6 Å². The number of benzene rings is 2. The van der Waals surface area contributed by atoms with Crippen molar-refractivity contribution >= 4 is 28.2 Å². The summed E-state index contributed by atoms with van der Waals surface area (Å²) < 4.78 is 7.02. The number of nitrogens with one attached hydrogen (secondary N) is 1. The zero-order valence-corrected chi connectivity index (χ0v) is 21.1. The zero-order valence-electron chi connectivity index (χ0n) is 21.1. The van der Waals surface area contributed by atoms with Crippen molar-refractivity contribution in [1.82, 2.24) is 19.5 Å². The second-order valence-electron chi connectivity index (χ2n) is 8.85. The summed E-state index contributed by atoms with van der Waals surface area (Å²) in [5.41, 5.74) is 9.92. The largest absolute Gasteiger partial charge is 0.481 e. The summed E-state index contributed by atoms with van der Waals surface area (Å²) >= 11 is 0. The molecule has 3 aromatic heterocycles. The molecule has 9 heteroatoms. The van der Waals surface area contributed by atoms with Crippen LogP contribution in [0.2, 0.25) is 0 Å². The number of hydrogen-bond acceptors (Lipinski definition) is 7. The molecule has 3 heterocycles. The van der Waals surface area contributed by atoms with Gasteiger partial charge in [-0.1, -0.05) is 30.3 Å². The summed E-state index contributed by atoms with van der Waals surface area (Å²) in [5, 5.41) is 4.62. The maximum absolute atomic E-state index is 14.3. The average molecular weight is 504 g/mol. The van der Waals surface area contributed by atoms with Gasteiger partial charge < -0.3 is 15.8 Å². The van der Waals surface area contributed by atoms with Crippen molar-refractivity contribution in [3.63, 3.8) is 0 Å². The Hall–Kier alpha value is -5.23. The van der Waals surface area contributed by atoms with Crippen LogP contribution in [0.15, 0.2) is 77.9 Å². The Morgan fingerprint density at radius 2 is 1.92 bits per heavy atom. The molecule has 5 aromatic rings. The van der Waals surface area contributed by atoms with Crippen molar-refractivity contribution in [3.8, 4) is 22.7 Å². The van der Waals surface area contributed by atoms with Gasteiger partial charge in [-0.25, -0.2) is 19.8 Å². The molecule has 0 aliphatic rings. The Morgan fingerprint density at radius 1 is 1.11 bits per heavy atom. The van der Waals surface area contributed by atoms with Crippen molar-refractivity contribution < 1.29 is 4.74 Å². The molecule has 2 aromatic carbocycles. The maximum atomic E-state index is 14.3. The van der Waals surface area contributed by atoms with Crippen molar-refractivity contribution in [2.75, 3.05) is 18.2 Å². The van der Waals surface area contributed by atoms with Crippen LogP contribution in [0.25, 0.3) is 32.4 Å². The quantitative estimate of drug-likeness (QED) is 0.296. The molecule has 0 saturated heterocycles. The fourth-order valence-corrected chi connectivity index (χ4v) is 4.52. The van der Waals surface area contributed by atoms with Gasteiger partial charge in [0.2, 0.25) is 17.5 Å². The van der Waals surface area contributed by atoms with Gasteiger partial charge in [-0.15, -0.1) is 0 Å². The number of methoxy groups -OCH3 is 1. The number of ether oxygens (including phenoxy) is 1. The Morgan fingerprint density at radius 3 is 2.68 bits per heavy atom. The predicted molar refractivity (Wildman–Crippen MR) is 149 cm³/mol. The minimum Gasteiger partial charge on any atom is -0.481 e. The lowest BCUT2D eigenvalue weighted by molar-refractivity contribution is 0.398. The van der Waals surface area contributed by atoms with E-state index in [0.717, 1.165) is 27.8 Å². The van der Waals surface area contributed by atoms with E-state index in [0.29, 0.717) is 22.8 Å². The first kappa shape index (κ1) is 24.5. The monoisotopic (exact) mass is 503 g/mol. The summed E-state index contributed by atoms with van der Waals surface area (Å²) in [7, 11) is 1.56. The smallest absolute Gasteiger partial charge is 0.263 e. The van der Waals surface area contributed by atoms with Crippen LogP contribution >= 0.6 is 0 Å². The molecule has 1 atom stereocenters. The van der Waals surface area contributed by atoms with Crippen molar-refractivity contribution in [2.24, 2.45) is 0 Å². The van der Waals surface area contributed by atoms with E-state index in [2.05, 4.69) is 25.1 Å². The Labute approximate surface area is 219 Å². The standard InChI is InChI=1S/C29H25N7O2/c1-17-7-5-9-21(13-17)36-24(18(2)34-27-23(31-3)16-33-29(30)35-27)14-20-8-6-10-22(26(20)28(36)37)19-11-12-32-25(15-19)38-4/h5-16,18H,1-2,4H3,(H3,30,33,34,35)/t18-/m0/s1. The first-order valence-corrected chi connectivity index (χ1v) is 11.9. The van der Waals surface area contributed by atoms with Crippen molar-refractivity contribution in [3.05, 3.63) is 106 Å². The van der Waals surface area contributed by atoms with Crippen LogP contribution in [-0.2, 0) is 0 Å². The number of fused-ring (bicyclic) bond motifs is 1. The van der Waals surface area contributed by atoms with Gasteiger partial charge >= 0.3 is 0 Å². The third-order valence-electron chi connectivity index (χ3n) is 6.30. The van der Waals surface area contributed by atoms with Crippen LogP contribution in [0.3, 0.4) is 0 Å². The lowest BCUT2D eigenvalue weighted by atomic mass is 9.98. The average Bonchev–Trinajstić information content (AvgIpc) is 2.92. The molecule has 9 nitrogen and oxygen atoms in total. The van der Waals surface area contributed by atoms with Gasteiger partial charge in [-0.05, 0) is 60.2 Å². The molecule has 3 N–H and O–H groups in total. The van der Waals surface area contributed by atoms with E-state index in [1.807, 2.05) is 74.5 Å². The van der Waals surface area contributed by atoms with E-state index < -0.39 is 6.04 Å². The highest BCUT2D eigenvalue weighted by molar-refractivity contribution is 5.96. The van der Waals surface area contributed by atoms with E-state index in [1.54, 1.807) is 17.9 Å². The number of aryl methyl sites for hydroxylation is 1. The minimum absolute atomic E-state index is 0.0547. The van der Waals surface area contributed by atoms with E-state index in [-0.39, 0.29) is 17.2 Å². The Kier molecular flexibility index (Phi) is 6.46. The van der Waals surface area contributed by atoms with E-state index in [9.17, 15) is 4.79 Å². The Bertz CT molecular complexity index is 1770. The summed E-state index contributed by atoms with van der Waals surface area (Å²) in [6, 6.07) is 18.8. The van der Waals surface area contributed by atoms with E-state index >= 15 is 0 Å². The molecule has 0 saturated carbocycles. The molecule has 38 heavy (non-hydrogen) atoms. The number of nitrogens with zero attached hydrogens (tertiary/aromatic N) is 5. The lowest BCUT2D eigenvalue weighted by Gasteiger charge is -2.22. The van der Waals surface area contributed by atoms with Crippen LogP contribution in [0.5, 0.6) is 5.88 Å². The molecule has 0 aliphatic heterocycles. The second kappa shape index (κ2) is 10.0. The number of nitrogen functional groups attached to an aromatic ring is 1. The fraction of sp³-hybridized carbons (Fsp3) is 0.138. The number of pyridine rings is 2. The van der Waals surface area contributed by atoms with Crippen LogP contribution < -0.4 is 21.3 Å². The minimum atomic E-state index is -0.410. The second-order valence-corrected chi connectivity index (χ2v) is 8.85. The van der Waals surface area contributed by atoms with E-state index in [1.165, 1.54) is 6.20 Å². The number of hydrogen-bond donors (Lipinski definition) is 2. The highest BCUT2D eigenvalue weighted by Crippen LogP contribution is 2.32. The van der Waals surface area contributed by atoms with Crippen LogP contribution in [0.4, 0.5) is 17.5 Å². The number of anilines is 2. The molecule has 0 radical (unpaired) electrons. The molecular formula is C29H25N7O2. The summed E-state index contributed by atoms with van der Waals surface area (Å²) in [4.78, 5) is 30.2. The van der Waals surface area contributed by atoms with E-state index in [4.69, 9.17) is 17.0 Å². The third kappa shape index (κ3) is 4.51. The maximum Gasteiger partial charge on any atom is 0.263 e. The first-order chi connectivity index (χ1) is 18.4. The van der Waals surface area contributed by atoms with Gasteiger partial charge in [0, 0.05) is 29.8 Å². The van der Waals surface area contributed by atoms with Crippen LogP contribution in [0, 0.1) is 13.5 Å². The molecule has 0 amide bonds. The number of aromatic nitrogens is 4. The number of rotatable bonds is 6. The fourth-order valence-electron chi connectivity index (χ4n) is 4.52. The highest BCUT2D eigenvalue weighted by Gasteiger charge is 2.20. The van der Waals surface area contributed by atoms with Gasteiger partial charge in [-0.3, -0.25) is 9.36 Å². The first-order valence-electron chi connectivity index (χ1n) is 11.9. The molecule has 188 valence electrons. The molecule has 0 unspecified atom stereocenters. The predicted octanol–water partition coefficient (Wildman–Crippen LogP) is 5.47. The summed E-state index contributed by atoms with van der Waals surface area (Å²) in [6.45, 7) is 11.4. The summed E-state index contributed by atoms with van der Waals surface area (Å²) in [5.74, 6) is 0.827. The molecule has 0 aliphatic carbocycles. The molecule has 0 bridgehead atoms. The molecule has 5 rings (SSSR count). The van der Waals surface area contributed by atoms with Crippen LogP contribution in [0.1, 0.15) is 24.2 Å². The van der Waals surface area contributed by atoms with Gasteiger partial charge in [0.25, 0.3) is 5.56 Å². The SMILES string of the molecule is [C-]#[N+]c1cnc(N)nc1N[C@@H](C)c1cc2cccc(-c3ccnc(OC)c3)c2c(=O)n1-c1cccc(C)c1. The molecular weight excluding hydrogens is 478 g/mol. The Balaban J connectivity index is 1.76. The topological polar surface area (TPSA) is 112 Å². The van der Waals surface area contributed by atoms with Crippen molar-refractivity contribution in [1.29, 1.82) is 0 Å². The molecule has 0 fully saturated rings. The summed E-state index contributed by atoms with van der Waals surface area (Å²) in [6.07, 6.45) is 3.04. The lowest BCUT2D eigenvalue weighted by Crippen LogP contribution is -2.26. The van der Waals surface area contributed by atoms with Gasteiger partial charge in [0.1, 0.15) is 5.82 Å². The van der Waals surface area contributed by atoms with Gasteiger partial charge in [0.15, 0.2) is 0 Å². The normalized spacial score (nSPS) is 11.6. The van der Waals surface area contributed by atoms with Gasteiger partial charge in [-0.2, -0.15) is 0 Å².